The molecule has 0 saturated heterocycles. The zero-order valence-corrected chi connectivity index (χ0v) is 19.8. The number of aliphatic carboxylic acids is 1. The normalized spacial score (nSPS) is 11.8. The maximum absolute atomic E-state index is 12.9. The van der Waals surface area contributed by atoms with Crippen LogP contribution in [0.4, 0.5) is 0 Å². The van der Waals surface area contributed by atoms with Gasteiger partial charge in [-0.3, -0.25) is 9.59 Å². The van der Waals surface area contributed by atoms with E-state index in [9.17, 15) is 19.5 Å². The Bertz CT molecular complexity index is 1400. The molecule has 0 unspecified atom stereocenters. The Kier molecular flexibility index (Phi) is 7.56. The molecule has 1 atom stereocenters. The van der Waals surface area contributed by atoms with Crippen molar-refractivity contribution < 1.29 is 19.5 Å². The van der Waals surface area contributed by atoms with Gasteiger partial charge in [-0.15, -0.1) is 0 Å². The summed E-state index contributed by atoms with van der Waals surface area (Å²) >= 11 is 0. The average Bonchev–Trinajstić information content (AvgIpc) is 3.36. The summed E-state index contributed by atoms with van der Waals surface area (Å²) in [5.74, 6) is -1.65. The number of carbonyl (C=O) groups is 3. The largest absolute Gasteiger partial charge is 0.479 e. The Morgan fingerprint density at radius 1 is 0.889 bits per heavy atom. The third kappa shape index (κ3) is 5.85. The molecule has 0 bridgehead atoms. The summed E-state index contributed by atoms with van der Waals surface area (Å²) in [7, 11) is 0. The summed E-state index contributed by atoms with van der Waals surface area (Å²) < 4.78 is 1.87. The number of nitrogens with one attached hydrogen (secondary N) is 1. The van der Waals surface area contributed by atoms with Crippen molar-refractivity contribution in [2.24, 2.45) is 0 Å². The minimum atomic E-state index is -1.14. The van der Waals surface area contributed by atoms with Crippen LogP contribution >= 0.6 is 0 Å². The molecule has 2 N–H and O–H groups in total. The Morgan fingerprint density at radius 2 is 1.64 bits per heavy atom. The molecule has 1 aromatic heterocycles. The van der Waals surface area contributed by atoms with E-state index in [-0.39, 0.29) is 5.78 Å². The van der Waals surface area contributed by atoms with E-state index in [1.807, 2.05) is 66.2 Å². The van der Waals surface area contributed by atoms with E-state index in [1.54, 1.807) is 54.6 Å². The smallest absolute Gasteiger partial charge is 0.330 e. The summed E-state index contributed by atoms with van der Waals surface area (Å²) in [6, 6.07) is 25.5. The molecule has 4 rings (SSSR count). The topological polar surface area (TPSA) is 88.4 Å². The van der Waals surface area contributed by atoms with Gasteiger partial charge in [0.05, 0.1) is 5.69 Å². The summed E-state index contributed by atoms with van der Waals surface area (Å²) in [5, 5.41) is 12.2. The fraction of sp³-hybridized carbons (Fsp3) is 0.100. The number of hydrogen-bond donors (Lipinski definition) is 2. The fourth-order valence-electron chi connectivity index (χ4n) is 3.87. The lowest BCUT2D eigenvalue weighted by molar-refractivity contribution is -0.139. The van der Waals surface area contributed by atoms with Crippen molar-refractivity contribution in [2.45, 2.75) is 19.5 Å². The molecule has 36 heavy (non-hydrogen) atoms. The fourth-order valence-corrected chi connectivity index (χ4v) is 3.87. The maximum atomic E-state index is 12.9. The molecule has 0 radical (unpaired) electrons. The van der Waals surface area contributed by atoms with Gasteiger partial charge in [-0.05, 0) is 42.3 Å². The molecule has 3 aromatic carbocycles. The van der Waals surface area contributed by atoms with Crippen LogP contribution in [0.25, 0.3) is 6.08 Å². The second-order valence-electron chi connectivity index (χ2n) is 8.42. The number of benzene rings is 3. The van der Waals surface area contributed by atoms with Crippen LogP contribution in [0.3, 0.4) is 0 Å². The first-order valence-electron chi connectivity index (χ1n) is 11.5. The minimum absolute atomic E-state index is 0.0431. The SMILES string of the molecule is Cc1ccc(C(=O)c2cccn2C/C=C/c2cccc(C(=O)N[C@H](C(=O)O)c3ccccc3)c2)cc1. The predicted molar refractivity (Wildman–Crippen MR) is 139 cm³/mol. The van der Waals surface area contributed by atoms with Gasteiger partial charge in [0.15, 0.2) is 6.04 Å². The summed E-state index contributed by atoms with van der Waals surface area (Å²) in [4.78, 5) is 37.4. The van der Waals surface area contributed by atoms with Crippen LogP contribution in [0.5, 0.6) is 0 Å². The minimum Gasteiger partial charge on any atom is -0.479 e. The van der Waals surface area contributed by atoms with Gasteiger partial charge in [-0.1, -0.05) is 84.4 Å². The Labute approximate surface area is 209 Å². The summed E-state index contributed by atoms with van der Waals surface area (Å²) in [6.07, 6.45) is 5.63. The number of amides is 1. The first-order valence-corrected chi connectivity index (χ1v) is 11.5. The lowest BCUT2D eigenvalue weighted by Gasteiger charge is -2.15. The number of hydrogen-bond acceptors (Lipinski definition) is 3. The molecule has 0 saturated carbocycles. The van der Waals surface area contributed by atoms with Gasteiger partial charge >= 0.3 is 5.97 Å². The lowest BCUT2D eigenvalue weighted by atomic mass is 10.1. The molecule has 6 heteroatoms. The molecule has 1 amide bonds. The molecule has 0 aliphatic heterocycles. The van der Waals surface area contributed by atoms with Crippen LogP contribution in [0.2, 0.25) is 0 Å². The number of aryl methyl sites for hydroxylation is 1. The number of aromatic nitrogens is 1. The molecule has 0 aliphatic carbocycles. The lowest BCUT2D eigenvalue weighted by Crippen LogP contribution is -2.33. The molecule has 1 heterocycles. The number of carboxylic acid groups (broad SMARTS) is 1. The van der Waals surface area contributed by atoms with Gasteiger partial charge in [0, 0.05) is 23.9 Å². The average molecular weight is 479 g/mol. The van der Waals surface area contributed by atoms with Crippen LogP contribution in [0.1, 0.15) is 49.1 Å². The maximum Gasteiger partial charge on any atom is 0.330 e. The third-order valence-electron chi connectivity index (χ3n) is 5.79. The van der Waals surface area contributed by atoms with E-state index in [0.29, 0.717) is 28.9 Å². The van der Waals surface area contributed by atoms with E-state index >= 15 is 0 Å². The van der Waals surface area contributed by atoms with Gasteiger partial charge in [0.2, 0.25) is 5.78 Å². The van der Waals surface area contributed by atoms with Crippen molar-refractivity contribution in [1.82, 2.24) is 9.88 Å². The monoisotopic (exact) mass is 478 g/mol. The Hall–Kier alpha value is -4.71. The van der Waals surface area contributed by atoms with E-state index in [0.717, 1.165) is 11.1 Å². The van der Waals surface area contributed by atoms with Crippen LogP contribution in [-0.2, 0) is 11.3 Å². The zero-order valence-electron chi connectivity index (χ0n) is 19.8. The number of carbonyl (C=O) groups excluding carboxylic acids is 2. The molecule has 6 nitrogen and oxygen atoms in total. The van der Waals surface area contributed by atoms with Crippen molar-refractivity contribution >= 4 is 23.7 Å². The van der Waals surface area contributed by atoms with Crippen LogP contribution in [0, 0.1) is 6.92 Å². The standard InChI is InChI=1S/C30H26N2O4/c1-21-14-16-24(17-15-21)28(33)26-13-7-19-32(26)18-6-9-22-8-5-12-25(20-22)29(34)31-27(30(35)36)23-10-3-2-4-11-23/h2-17,19-20,27H,18H2,1H3,(H,31,34)(H,35,36)/b9-6+/t27-/m0/s1. The number of allylic oxidation sites excluding steroid dienone is 1. The zero-order chi connectivity index (χ0) is 25.5. The van der Waals surface area contributed by atoms with Crippen LogP contribution in [-0.4, -0.2) is 27.3 Å². The highest BCUT2D eigenvalue weighted by Gasteiger charge is 2.22. The molecule has 0 spiro atoms. The first kappa shape index (κ1) is 24.4. The predicted octanol–water partition coefficient (Wildman–Crippen LogP) is 5.30. The van der Waals surface area contributed by atoms with Gasteiger partial charge in [-0.25, -0.2) is 4.79 Å². The third-order valence-corrected chi connectivity index (χ3v) is 5.79. The second kappa shape index (κ2) is 11.1. The number of rotatable bonds is 9. The summed E-state index contributed by atoms with van der Waals surface area (Å²) in [5.41, 5.74) is 3.97. The Morgan fingerprint density at radius 3 is 2.36 bits per heavy atom. The van der Waals surface area contributed by atoms with Gasteiger partial charge in [0.1, 0.15) is 0 Å². The molecular formula is C30H26N2O4. The number of nitrogens with zero attached hydrogens (tertiary/aromatic N) is 1. The Balaban J connectivity index is 1.44. The van der Waals surface area contributed by atoms with Crippen molar-refractivity contribution in [2.75, 3.05) is 0 Å². The van der Waals surface area contributed by atoms with Gasteiger partial charge < -0.3 is 15.0 Å². The van der Waals surface area contributed by atoms with Crippen LogP contribution in [0.15, 0.2) is 103 Å². The summed E-state index contributed by atoms with van der Waals surface area (Å²) in [6.45, 7) is 2.46. The van der Waals surface area contributed by atoms with Crippen molar-refractivity contribution in [3.05, 3.63) is 137 Å². The van der Waals surface area contributed by atoms with Gasteiger partial charge in [0.25, 0.3) is 5.91 Å². The highest BCUT2D eigenvalue weighted by atomic mass is 16.4. The molecule has 4 aromatic rings. The first-order chi connectivity index (χ1) is 17.4. The van der Waals surface area contributed by atoms with Gasteiger partial charge in [-0.2, -0.15) is 0 Å². The van der Waals surface area contributed by atoms with Crippen molar-refractivity contribution in [1.29, 1.82) is 0 Å². The number of ketones is 1. The van der Waals surface area contributed by atoms with E-state index in [4.69, 9.17) is 0 Å². The van der Waals surface area contributed by atoms with Crippen LogP contribution < -0.4 is 5.32 Å². The van der Waals surface area contributed by atoms with E-state index in [2.05, 4.69) is 5.32 Å². The quantitative estimate of drug-likeness (QED) is 0.320. The van der Waals surface area contributed by atoms with E-state index < -0.39 is 17.9 Å². The molecule has 180 valence electrons. The van der Waals surface area contributed by atoms with Crippen molar-refractivity contribution in [3.63, 3.8) is 0 Å². The highest BCUT2D eigenvalue weighted by molar-refractivity contribution is 6.08. The number of carboxylic acids is 1. The second-order valence-corrected chi connectivity index (χ2v) is 8.42. The van der Waals surface area contributed by atoms with E-state index in [1.165, 1.54) is 0 Å². The van der Waals surface area contributed by atoms with Crippen molar-refractivity contribution in [3.8, 4) is 0 Å². The molecular weight excluding hydrogens is 452 g/mol. The molecule has 0 fully saturated rings. The molecule has 0 aliphatic rings. The highest BCUT2D eigenvalue weighted by Crippen LogP contribution is 2.16.